The van der Waals surface area contributed by atoms with E-state index in [1.807, 2.05) is 114 Å². The van der Waals surface area contributed by atoms with Gasteiger partial charge in [0.1, 0.15) is 24.2 Å². The quantitative estimate of drug-likeness (QED) is 0.0398. The standard InChI is InChI=1S/C66H84N10O10/c1-39(67-9)57(77)73-55(65(3,4)5)63(83)75-35-47-31-49(29-27-45(47)33-53(75)61(81)71-51(37-85-11)41-19-15-13-16-20-41)69-59(79)43-23-25-44(26-24-43)60(80)70-50-30-28-46-34-54(62(82)72-52(38-86-12)42-21-17-14-18-22-42)76(36-48(46)32-50)64(84)56(66(6,7)8)74-58(78)40(2)68-10/h13-32,39-40,51-56,67-68H,33-38H2,1-12H3,(H,69,79)(H,70,80)(H,71,81)(H,72,82)(H,73,77)(H,74,78)/t39-,40-,51?,52?,53-,54-,55+,56+/m0/s1. The van der Waals surface area contributed by atoms with Crippen LogP contribution >= 0.6 is 0 Å². The van der Waals surface area contributed by atoms with E-state index < -0.39 is 94.6 Å². The van der Waals surface area contributed by atoms with Crippen LogP contribution in [-0.4, -0.2) is 135 Å². The van der Waals surface area contributed by atoms with Gasteiger partial charge in [-0.3, -0.25) is 38.4 Å². The van der Waals surface area contributed by atoms with Gasteiger partial charge in [0, 0.05) is 62.7 Å². The Labute approximate surface area is 504 Å². The molecule has 458 valence electrons. The zero-order valence-corrected chi connectivity index (χ0v) is 51.4. The van der Waals surface area contributed by atoms with Gasteiger partial charge < -0.3 is 61.8 Å². The van der Waals surface area contributed by atoms with Gasteiger partial charge in [-0.05, 0) is 121 Å². The van der Waals surface area contributed by atoms with Crippen molar-refractivity contribution < 1.29 is 47.8 Å². The maximum Gasteiger partial charge on any atom is 0.255 e. The van der Waals surface area contributed by atoms with Crippen molar-refractivity contribution in [3.8, 4) is 0 Å². The minimum atomic E-state index is -1.00. The molecule has 2 heterocycles. The molecule has 8 amide bonds. The molecule has 0 aliphatic carbocycles. The molecule has 8 N–H and O–H groups in total. The van der Waals surface area contributed by atoms with Gasteiger partial charge in [-0.1, -0.05) is 114 Å². The van der Waals surface area contributed by atoms with E-state index in [2.05, 4.69) is 42.5 Å². The van der Waals surface area contributed by atoms with Crippen molar-refractivity contribution in [1.82, 2.24) is 41.7 Å². The van der Waals surface area contributed by atoms with Gasteiger partial charge in [0.15, 0.2) is 0 Å². The van der Waals surface area contributed by atoms with E-state index >= 15 is 0 Å². The van der Waals surface area contributed by atoms with Crippen LogP contribution in [0, 0.1) is 10.8 Å². The third-order valence-electron chi connectivity index (χ3n) is 15.9. The van der Waals surface area contributed by atoms with Crippen LogP contribution in [0.2, 0.25) is 0 Å². The van der Waals surface area contributed by atoms with E-state index in [-0.39, 0.29) is 62.1 Å². The van der Waals surface area contributed by atoms with Crippen LogP contribution in [0.4, 0.5) is 11.4 Å². The lowest BCUT2D eigenvalue weighted by Crippen LogP contribution is -2.62. The Bertz CT molecular complexity index is 3020. The van der Waals surface area contributed by atoms with Crippen LogP contribution in [0.1, 0.15) is 122 Å². The van der Waals surface area contributed by atoms with Crippen LogP contribution in [0.3, 0.4) is 0 Å². The molecule has 0 radical (unpaired) electrons. The van der Waals surface area contributed by atoms with Gasteiger partial charge in [-0.15, -0.1) is 0 Å². The number of ether oxygens (including phenoxy) is 2. The lowest BCUT2D eigenvalue weighted by Gasteiger charge is -2.41. The first-order chi connectivity index (χ1) is 40.8. The number of methoxy groups -OCH3 is 2. The van der Waals surface area contributed by atoms with Gasteiger partial charge in [-0.2, -0.15) is 0 Å². The summed E-state index contributed by atoms with van der Waals surface area (Å²) in [5, 5.41) is 23.8. The van der Waals surface area contributed by atoms with E-state index in [4.69, 9.17) is 9.47 Å². The van der Waals surface area contributed by atoms with E-state index in [0.717, 1.165) is 22.3 Å². The molecule has 5 aromatic rings. The maximum atomic E-state index is 14.9. The first-order valence-electron chi connectivity index (χ1n) is 29.1. The number of nitrogens with one attached hydrogen (secondary N) is 8. The SMILES string of the molecule is CN[C@@H](C)C(=O)N[C@H](C(=O)N1Cc2cc(NC(=O)c3ccc(C(=O)Nc4ccc5c(c4)CN(C(=O)[C@@H](NC(=O)[C@H](C)NC)C(C)(C)C)[C@H](C(=O)NC(COC)c4ccccc4)C5)cc3)ccc2C[C@H]1C(=O)NC(COC)c1ccccc1)C(C)(C)C. The number of hydrogen-bond donors (Lipinski definition) is 8. The molecule has 0 aromatic heterocycles. The van der Waals surface area contributed by atoms with Crippen molar-refractivity contribution in [2.75, 3.05) is 52.2 Å². The molecule has 2 aliphatic heterocycles. The topological polar surface area (TPSA) is 258 Å². The van der Waals surface area contributed by atoms with Crippen molar-refractivity contribution in [1.29, 1.82) is 0 Å². The number of carbonyl (C=O) groups is 8. The zero-order valence-electron chi connectivity index (χ0n) is 51.4. The lowest BCUT2D eigenvalue weighted by molar-refractivity contribution is -0.147. The fourth-order valence-electron chi connectivity index (χ4n) is 10.5. The predicted octanol–water partition coefficient (Wildman–Crippen LogP) is 5.98. The predicted molar refractivity (Wildman–Crippen MR) is 330 cm³/mol. The summed E-state index contributed by atoms with van der Waals surface area (Å²) in [4.78, 5) is 116. The number of fused-ring (bicyclic) bond motifs is 2. The number of carbonyl (C=O) groups excluding carboxylic acids is 8. The van der Waals surface area contributed by atoms with Crippen LogP contribution in [0.5, 0.6) is 0 Å². The van der Waals surface area contributed by atoms with Crippen molar-refractivity contribution in [3.05, 3.63) is 166 Å². The molecule has 5 aromatic carbocycles. The smallest absolute Gasteiger partial charge is 0.255 e. The Morgan fingerprint density at radius 1 is 0.488 bits per heavy atom. The lowest BCUT2D eigenvalue weighted by atomic mass is 9.84. The normalized spacial score (nSPS) is 17.0. The molecule has 86 heavy (non-hydrogen) atoms. The highest BCUT2D eigenvalue weighted by molar-refractivity contribution is 6.07. The summed E-state index contributed by atoms with van der Waals surface area (Å²) in [5.74, 6) is -3.33. The molecular weight excluding hydrogens is 1090 g/mol. The van der Waals surface area contributed by atoms with Gasteiger partial charge in [0.05, 0.1) is 37.4 Å². The van der Waals surface area contributed by atoms with Gasteiger partial charge in [0.2, 0.25) is 35.4 Å². The fraction of sp³-hybridized carbons (Fsp3) is 0.424. The number of benzene rings is 5. The monoisotopic (exact) mass is 1180 g/mol. The molecule has 0 saturated carbocycles. The fourth-order valence-corrected chi connectivity index (χ4v) is 10.5. The second-order valence-electron chi connectivity index (χ2n) is 24.3. The molecule has 20 nitrogen and oxygen atoms in total. The van der Waals surface area contributed by atoms with Gasteiger partial charge in [-0.25, -0.2) is 0 Å². The molecule has 0 fully saturated rings. The molecular formula is C66H84N10O10. The number of nitrogens with zero attached hydrogens (tertiary/aromatic N) is 2. The highest BCUT2D eigenvalue weighted by Crippen LogP contribution is 2.33. The van der Waals surface area contributed by atoms with Crippen molar-refractivity contribution in [2.45, 2.75) is 130 Å². The minimum Gasteiger partial charge on any atom is -0.382 e. The van der Waals surface area contributed by atoms with E-state index in [1.54, 1.807) is 66.4 Å². The van der Waals surface area contributed by atoms with Crippen LogP contribution in [0.15, 0.2) is 121 Å². The van der Waals surface area contributed by atoms with Crippen LogP contribution < -0.4 is 42.5 Å². The number of amides is 8. The van der Waals surface area contributed by atoms with Gasteiger partial charge >= 0.3 is 0 Å². The first-order valence-corrected chi connectivity index (χ1v) is 29.1. The van der Waals surface area contributed by atoms with Crippen LogP contribution in [0.25, 0.3) is 0 Å². The average molecular weight is 1180 g/mol. The molecule has 2 aliphatic rings. The minimum absolute atomic E-state index is 0.00116. The summed E-state index contributed by atoms with van der Waals surface area (Å²) in [6.45, 7) is 14.9. The maximum absolute atomic E-state index is 14.9. The molecule has 2 unspecified atom stereocenters. The highest BCUT2D eigenvalue weighted by atomic mass is 16.5. The molecule has 8 atom stereocenters. The number of hydrogen-bond acceptors (Lipinski definition) is 12. The van der Waals surface area contributed by atoms with Crippen LogP contribution in [-0.2, 0) is 64.2 Å². The number of anilines is 2. The van der Waals surface area contributed by atoms with E-state index in [9.17, 15) is 38.4 Å². The summed E-state index contributed by atoms with van der Waals surface area (Å²) >= 11 is 0. The molecule has 20 heteroatoms. The molecule has 7 rings (SSSR count). The Kier molecular flexibility index (Phi) is 21.8. The molecule has 0 saturated heterocycles. The summed E-state index contributed by atoms with van der Waals surface area (Å²) in [6.07, 6.45) is 0.307. The Balaban J connectivity index is 1.08. The molecule has 0 bridgehead atoms. The highest BCUT2D eigenvalue weighted by Gasteiger charge is 2.45. The Hall–Kier alpha value is -8.30. The summed E-state index contributed by atoms with van der Waals surface area (Å²) in [6, 6.07) is 29.5. The Morgan fingerprint density at radius 3 is 1.15 bits per heavy atom. The van der Waals surface area contributed by atoms with Gasteiger partial charge in [0.25, 0.3) is 11.8 Å². The van der Waals surface area contributed by atoms with Crippen molar-refractivity contribution >= 4 is 58.6 Å². The Morgan fingerprint density at radius 2 is 0.837 bits per heavy atom. The van der Waals surface area contributed by atoms with Crippen molar-refractivity contribution in [2.24, 2.45) is 10.8 Å². The second kappa shape index (κ2) is 28.7. The largest absolute Gasteiger partial charge is 0.382 e. The van der Waals surface area contributed by atoms with Crippen molar-refractivity contribution in [3.63, 3.8) is 0 Å². The summed E-state index contributed by atoms with van der Waals surface area (Å²) in [7, 11) is 6.41. The van der Waals surface area contributed by atoms with E-state index in [1.165, 1.54) is 34.1 Å². The van der Waals surface area contributed by atoms with E-state index in [0.29, 0.717) is 22.5 Å². The second-order valence-corrected chi connectivity index (χ2v) is 24.3. The molecule has 0 spiro atoms. The summed E-state index contributed by atoms with van der Waals surface area (Å²) < 4.78 is 11.0. The first kappa shape index (κ1) is 65.2. The summed E-state index contributed by atoms with van der Waals surface area (Å²) in [5.41, 5.74) is 4.54. The zero-order chi connectivity index (χ0) is 62.6. The number of rotatable bonds is 22. The number of likely N-dealkylation sites (N-methyl/N-ethyl adjacent to an activating group) is 2. The third kappa shape index (κ3) is 16.2. The average Bonchev–Trinajstić information content (AvgIpc) is 0.918. The third-order valence-corrected chi connectivity index (χ3v) is 15.9.